The number of hydrogen-bond donors (Lipinski definition) is 1. The Labute approximate surface area is 97.4 Å². The van der Waals surface area contributed by atoms with Crippen molar-refractivity contribution in [1.29, 1.82) is 0 Å². The lowest BCUT2D eigenvalue weighted by atomic mass is 10.2. The monoisotopic (exact) mass is 230 g/mol. The minimum atomic E-state index is -0.997. The highest BCUT2D eigenvalue weighted by Crippen LogP contribution is 2.24. The lowest BCUT2D eigenvalue weighted by molar-refractivity contribution is -0.131. The summed E-state index contributed by atoms with van der Waals surface area (Å²) in [5.41, 5.74) is 1.31. The molecule has 2 aromatic heterocycles. The third-order valence-corrected chi connectivity index (χ3v) is 2.18. The highest BCUT2D eigenvalue weighted by Gasteiger charge is 2.07. The average molecular weight is 230 g/mol. The van der Waals surface area contributed by atoms with E-state index in [1.807, 2.05) is 0 Å². The van der Waals surface area contributed by atoms with Gasteiger partial charge in [-0.15, -0.1) is 0 Å². The molecular weight excluding hydrogens is 220 g/mol. The highest BCUT2D eigenvalue weighted by molar-refractivity contribution is 5.88. The number of aliphatic carboxylic acids is 1. The number of nitrogens with zero attached hydrogens (tertiary/aromatic N) is 2. The van der Waals surface area contributed by atoms with Gasteiger partial charge in [-0.25, -0.2) is 14.8 Å². The van der Waals surface area contributed by atoms with E-state index in [1.54, 1.807) is 31.5 Å². The Morgan fingerprint density at radius 1 is 1.35 bits per heavy atom. The van der Waals surface area contributed by atoms with Gasteiger partial charge < -0.3 is 9.52 Å². The summed E-state index contributed by atoms with van der Waals surface area (Å²) >= 11 is 0. The van der Waals surface area contributed by atoms with E-state index in [4.69, 9.17) is 9.52 Å². The Hall–Kier alpha value is -2.43. The van der Waals surface area contributed by atoms with Gasteiger partial charge in [-0.2, -0.15) is 0 Å². The molecule has 0 aliphatic rings. The average Bonchev–Trinajstić information content (AvgIpc) is 2.78. The van der Waals surface area contributed by atoms with Crippen LogP contribution in [-0.2, 0) is 4.79 Å². The Balaban J connectivity index is 2.31. The van der Waals surface area contributed by atoms with Crippen LogP contribution in [0.2, 0.25) is 0 Å². The number of allylic oxidation sites excluding steroid dienone is 1. The fourth-order valence-corrected chi connectivity index (χ4v) is 1.39. The molecule has 86 valence electrons. The molecule has 5 heteroatoms. The highest BCUT2D eigenvalue weighted by atomic mass is 16.4. The van der Waals surface area contributed by atoms with Crippen molar-refractivity contribution >= 4 is 11.5 Å². The largest absolute Gasteiger partial charge is 0.478 e. The molecule has 2 aromatic rings. The molecule has 2 heterocycles. The molecule has 0 fully saturated rings. The number of rotatable bonds is 3. The molecule has 5 nitrogen and oxygen atoms in total. The van der Waals surface area contributed by atoms with Crippen molar-refractivity contribution in [1.82, 2.24) is 9.97 Å². The molecule has 0 unspecified atom stereocenters. The van der Waals surface area contributed by atoms with Gasteiger partial charge in [0, 0.05) is 18.5 Å². The second kappa shape index (κ2) is 4.61. The molecule has 0 aliphatic carbocycles. The Bertz CT molecular complexity index is 558. The molecule has 0 saturated heterocycles. The van der Waals surface area contributed by atoms with Crippen molar-refractivity contribution in [2.45, 2.75) is 6.92 Å². The standard InChI is InChI=1S/C12H10N2O3/c1-8(4-12(15)16)10-2-3-11(17-10)9-5-13-7-14-6-9/h2-7H,1H3,(H,15,16)/b8-4+. The number of furan rings is 1. The summed E-state index contributed by atoms with van der Waals surface area (Å²) < 4.78 is 5.52. The van der Waals surface area contributed by atoms with Gasteiger partial charge >= 0.3 is 5.97 Å². The van der Waals surface area contributed by atoms with Crippen molar-refractivity contribution in [3.05, 3.63) is 42.7 Å². The zero-order valence-corrected chi connectivity index (χ0v) is 9.12. The lowest BCUT2D eigenvalue weighted by Crippen LogP contribution is -1.88. The molecule has 0 amide bonds. The maximum atomic E-state index is 10.5. The van der Waals surface area contributed by atoms with Gasteiger partial charge in [0.15, 0.2) is 0 Å². The number of carboxylic acids is 1. The van der Waals surface area contributed by atoms with Crippen LogP contribution in [0.15, 0.2) is 41.3 Å². The van der Waals surface area contributed by atoms with Gasteiger partial charge in [-0.1, -0.05) is 0 Å². The Kier molecular flexibility index (Phi) is 3.00. The van der Waals surface area contributed by atoms with Gasteiger partial charge in [0.2, 0.25) is 0 Å². The first-order valence-corrected chi connectivity index (χ1v) is 4.93. The Morgan fingerprint density at radius 3 is 2.71 bits per heavy atom. The van der Waals surface area contributed by atoms with E-state index in [-0.39, 0.29) is 0 Å². The third-order valence-electron chi connectivity index (χ3n) is 2.18. The van der Waals surface area contributed by atoms with Gasteiger partial charge in [0.25, 0.3) is 0 Å². The summed E-state index contributed by atoms with van der Waals surface area (Å²) in [6, 6.07) is 3.48. The number of hydrogen-bond acceptors (Lipinski definition) is 4. The number of aromatic nitrogens is 2. The van der Waals surface area contributed by atoms with Gasteiger partial charge in [-0.3, -0.25) is 0 Å². The second-order valence-corrected chi connectivity index (χ2v) is 3.46. The molecule has 0 aliphatic heterocycles. The molecule has 0 aromatic carbocycles. The first kappa shape index (κ1) is 11.1. The number of carboxylic acid groups (broad SMARTS) is 1. The molecule has 17 heavy (non-hydrogen) atoms. The normalized spacial score (nSPS) is 11.5. The van der Waals surface area contributed by atoms with Crippen molar-refractivity contribution in [3.8, 4) is 11.3 Å². The fraction of sp³-hybridized carbons (Fsp3) is 0.0833. The summed E-state index contributed by atoms with van der Waals surface area (Å²) in [4.78, 5) is 18.3. The lowest BCUT2D eigenvalue weighted by Gasteiger charge is -1.96. The minimum Gasteiger partial charge on any atom is -0.478 e. The molecule has 0 atom stereocenters. The van der Waals surface area contributed by atoms with E-state index in [1.165, 1.54) is 6.33 Å². The van der Waals surface area contributed by atoms with Crippen LogP contribution in [0.3, 0.4) is 0 Å². The van der Waals surface area contributed by atoms with Crippen molar-refractivity contribution in [2.24, 2.45) is 0 Å². The smallest absolute Gasteiger partial charge is 0.328 e. The van der Waals surface area contributed by atoms with Crippen LogP contribution in [0.25, 0.3) is 16.9 Å². The van der Waals surface area contributed by atoms with Gasteiger partial charge in [-0.05, 0) is 24.6 Å². The van der Waals surface area contributed by atoms with Crippen molar-refractivity contribution in [2.75, 3.05) is 0 Å². The number of carbonyl (C=O) groups is 1. The topological polar surface area (TPSA) is 76.2 Å². The molecule has 0 radical (unpaired) electrons. The molecular formula is C12H10N2O3. The molecule has 0 bridgehead atoms. The van der Waals surface area contributed by atoms with Crippen LogP contribution >= 0.6 is 0 Å². The van der Waals surface area contributed by atoms with Gasteiger partial charge in [0.1, 0.15) is 17.8 Å². The minimum absolute atomic E-state index is 0.520. The summed E-state index contributed by atoms with van der Waals surface area (Å²) in [7, 11) is 0. The van der Waals surface area contributed by atoms with Crippen molar-refractivity contribution in [3.63, 3.8) is 0 Å². The fourth-order valence-electron chi connectivity index (χ4n) is 1.39. The summed E-state index contributed by atoms with van der Waals surface area (Å²) in [5, 5.41) is 8.63. The molecule has 0 saturated carbocycles. The molecule has 1 N–H and O–H groups in total. The predicted octanol–water partition coefficient (Wildman–Crippen LogP) is 2.22. The quantitative estimate of drug-likeness (QED) is 0.818. The summed E-state index contributed by atoms with van der Waals surface area (Å²) in [6.07, 6.45) is 5.80. The maximum absolute atomic E-state index is 10.5. The van der Waals surface area contributed by atoms with Gasteiger partial charge in [0.05, 0.1) is 5.56 Å². The van der Waals surface area contributed by atoms with Crippen LogP contribution in [-0.4, -0.2) is 21.0 Å². The molecule has 0 spiro atoms. The van der Waals surface area contributed by atoms with E-state index >= 15 is 0 Å². The first-order valence-electron chi connectivity index (χ1n) is 4.93. The maximum Gasteiger partial charge on any atom is 0.328 e. The van der Waals surface area contributed by atoms with E-state index < -0.39 is 5.97 Å². The van der Waals surface area contributed by atoms with Crippen LogP contribution in [0.1, 0.15) is 12.7 Å². The third kappa shape index (κ3) is 2.57. The zero-order chi connectivity index (χ0) is 12.3. The first-order chi connectivity index (χ1) is 8.16. The second-order valence-electron chi connectivity index (χ2n) is 3.46. The van der Waals surface area contributed by atoms with Crippen molar-refractivity contribution < 1.29 is 14.3 Å². The molecule has 2 rings (SSSR count). The van der Waals surface area contributed by atoms with E-state index in [9.17, 15) is 4.79 Å². The zero-order valence-electron chi connectivity index (χ0n) is 9.12. The predicted molar refractivity (Wildman–Crippen MR) is 61.0 cm³/mol. The Morgan fingerprint density at radius 2 is 2.06 bits per heavy atom. The van der Waals surface area contributed by atoms with Crippen LogP contribution in [0.5, 0.6) is 0 Å². The van der Waals surface area contributed by atoms with Crippen LogP contribution < -0.4 is 0 Å². The van der Waals surface area contributed by atoms with E-state index in [0.717, 1.165) is 11.6 Å². The SMILES string of the molecule is C/C(=C\C(=O)O)c1ccc(-c2cncnc2)o1. The van der Waals surface area contributed by atoms with Crippen LogP contribution in [0, 0.1) is 0 Å². The van der Waals surface area contributed by atoms with E-state index in [2.05, 4.69) is 9.97 Å². The van der Waals surface area contributed by atoms with Crippen LogP contribution in [0.4, 0.5) is 0 Å². The summed E-state index contributed by atoms with van der Waals surface area (Å²) in [5.74, 6) is 0.133. The van der Waals surface area contributed by atoms with E-state index in [0.29, 0.717) is 17.1 Å². The summed E-state index contributed by atoms with van der Waals surface area (Å²) in [6.45, 7) is 1.68.